The van der Waals surface area contributed by atoms with Crippen LogP contribution in [-0.2, 0) is 0 Å². The van der Waals surface area contributed by atoms with Gasteiger partial charge in [-0.15, -0.1) is 0 Å². The number of thioether (sulfide) groups is 1. The van der Waals surface area contributed by atoms with Crippen molar-refractivity contribution < 1.29 is 0 Å². The van der Waals surface area contributed by atoms with Crippen LogP contribution in [-0.4, -0.2) is 23.5 Å². The first kappa shape index (κ1) is 10.9. The Balaban J connectivity index is 2.27. The molecule has 0 amide bonds. The first-order chi connectivity index (χ1) is 6.22. The van der Waals surface area contributed by atoms with Gasteiger partial charge in [-0.05, 0) is 18.8 Å². The smallest absolute Gasteiger partial charge is 0.156 e. The zero-order chi connectivity index (χ0) is 9.68. The van der Waals surface area contributed by atoms with Crippen molar-refractivity contribution >= 4 is 16.9 Å². The van der Waals surface area contributed by atoms with Crippen molar-refractivity contribution in [1.82, 2.24) is 5.32 Å². The van der Waals surface area contributed by atoms with Gasteiger partial charge < -0.3 is 5.32 Å². The van der Waals surface area contributed by atoms with Gasteiger partial charge >= 0.3 is 0 Å². The second-order valence-electron chi connectivity index (χ2n) is 3.97. The predicted molar refractivity (Wildman–Crippen MR) is 61.4 cm³/mol. The normalized spacial score (nSPS) is 25.5. The molecule has 1 rings (SSSR count). The van der Waals surface area contributed by atoms with Gasteiger partial charge in [0.2, 0.25) is 0 Å². The molecule has 1 unspecified atom stereocenters. The summed E-state index contributed by atoms with van der Waals surface area (Å²) in [6.07, 6.45) is 2.40. The number of hydrogen-bond donors (Lipinski definition) is 1. The van der Waals surface area contributed by atoms with Crippen molar-refractivity contribution in [1.29, 1.82) is 0 Å². The zero-order valence-corrected chi connectivity index (χ0v) is 9.66. The average molecular weight is 200 g/mol. The Kier molecular flexibility index (Phi) is 4.64. The number of rotatable bonds is 4. The Morgan fingerprint density at radius 1 is 1.62 bits per heavy atom. The molecule has 1 aliphatic heterocycles. The van der Waals surface area contributed by atoms with Gasteiger partial charge in [0.05, 0.1) is 0 Å². The average Bonchev–Trinajstić information content (AvgIpc) is 2.48. The molecule has 1 fully saturated rings. The molecular weight excluding hydrogens is 180 g/mol. The lowest BCUT2D eigenvalue weighted by molar-refractivity contribution is 0.502. The highest BCUT2D eigenvalue weighted by molar-refractivity contribution is 8.14. The van der Waals surface area contributed by atoms with Crippen LogP contribution >= 0.6 is 11.8 Å². The summed E-state index contributed by atoms with van der Waals surface area (Å²) in [6.45, 7) is 7.67. The van der Waals surface area contributed by atoms with Gasteiger partial charge in [-0.2, -0.15) is 0 Å². The van der Waals surface area contributed by atoms with E-state index in [4.69, 9.17) is 0 Å². The highest BCUT2D eigenvalue weighted by atomic mass is 32.2. The molecule has 0 aromatic heterocycles. The van der Waals surface area contributed by atoms with E-state index in [1.54, 1.807) is 0 Å². The molecule has 0 saturated carbocycles. The second-order valence-corrected chi connectivity index (χ2v) is 4.98. The molecule has 76 valence electrons. The molecule has 1 aliphatic rings. The molecule has 1 atom stereocenters. The Hall–Kier alpha value is -0.180. The summed E-state index contributed by atoms with van der Waals surface area (Å²) < 4.78 is 0. The van der Waals surface area contributed by atoms with E-state index >= 15 is 0 Å². The highest BCUT2D eigenvalue weighted by Gasteiger charge is 2.20. The molecule has 1 heterocycles. The summed E-state index contributed by atoms with van der Waals surface area (Å²) in [5.74, 6) is 1.98. The topological polar surface area (TPSA) is 24.4 Å². The van der Waals surface area contributed by atoms with Crippen LogP contribution in [0.5, 0.6) is 0 Å². The molecular formula is C10H20N2S. The van der Waals surface area contributed by atoms with E-state index in [-0.39, 0.29) is 0 Å². The van der Waals surface area contributed by atoms with Crippen molar-refractivity contribution in [3.8, 4) is 0 Å². The van der Waals surface area contributed by atoms with Gasteiger partial charge in [0.25, 0.3) is 0 Å². The summed E-state index contributed by atoms with van der Waals surface area (Å²) >= 11 is 1.87. The van der Waals surface area contributed by atoms with Crippen molar-refractivity contribution in [2.75, 3.05) is 12.3 Å². The Morgan fingerprint density at radius 3 is 3.00 bits per heavy atom. The fraction of sp³-hybridized carbons (Fsp3) is 0.900. The Labute approximate surface area is 85.6 Å². The monoisotopic (exact) mass is 200 g/mol. The summed E-state index contributed by atoms with van der Waals surface area (Å²) in [5, 5.41) is 4.63. The van der Waals surface area contributed by atoms with E-state index in [9.17, 15) is 0 Å². The van der Waals surface area contributed by atoms with Crippen molar-refractivity contribution in [3.63, 3.8) is 0 Å². The van der Waals surface area contributed by atoms with Crippen LogP contribution in [0.3, 0.4) is 0 Å². The van der Waals surface area contributed by atoms with Crippen LogP contribution in [0.1, 0.15) is 33.6 Å². The first-order valence-electron chi connectivity index (χ1n) is 5.16. The molecule has 0 spiro atoms. The van der Waals surface area contributed by atoms with Gasteiger partial charge in [-0.25, -0.2) is 0 Å². The molecule has 0 bridgehead atoms. The van der Waals surface area contributed by atoms with Crippen LogP contribution in [0.4, 0.5) is 0 Å². The van der Waals surface area contributed by atoms with Crippen LogP contribution < -0.4 is 5.32 Å². The number of amidine groups is 1. The molecule has 1 saturated heterocycles. The van der Waals surface area contributed by atoms with E-state index < -0.39 is 0 Å². The van der Waals surface area contributed by atoms with E-state index in [0.29, 0.717) is 6.04 Å². The molecule has 0 aliphatic carbocycles. The van der Waals surface area contributed by atoms with E-state index in [1.807, 2.05) is 11.8 Å². The Bertz CT molecular complexity index is 178. The molecule has 1 N–H and O–H groups in total. The Morgan fingerprint density at radius 2 is 2.38 bits per heavy atom. The van der Waals surface area contributed by atoms with Gasteiger partial charge in [0.1, 0.15) is 0 Å². The molecule has 0 aromatic rings. The van der Waals surface area contributed by atoms with Gasteiger partial charge in [0.15, 0.2) is 5.17 Å². The minimum absolute atomic E-state index is 0.653. The van der Waals surface area contributed by atoms with E-state index in [2.05, 4.69) is 31.1 Å². The van der Waals surface area contributed by atoms with E-state index in [0.717, 1.165) is 24.1 Å². The molecule has 3 heteroatoms. The largest absolute Gasteiger partial charge is 0.361 e. The summed E-state index contributed by atoms with van der Waals surface area (Å²) in [6, 6.07) is 0.653. The van der Waals surface area contributed by atoms with Gasteiger partial charge in [-0.1, -0.05) is 32.5 Å². The third-order valence-electron chi connectivity index (χ3n) is 1.98. The minimum atomic E-state index is 0.653. The maximum Gasteiger partial charge on any atom is 0.156 e. The van der Waals surface area contributed by atoms with Crippen molar-refractivity contribution in [2.24, 2.45) is 10.9 Å². The molecule has 2 nitrogen and oxygen atoms in total. The fourth-order valence-electron chi connectivity index (χ4n) is 1.44. The fourth-order valence-corrected chi connectivity index (χ4v) is 2.45. The number of aliphatic imine (C=N–C) groups is 1. The summed E-state index contributed by atoms with van der Waals surface area (Å²) in [4.78, 5) is 4.47. The number of nitrogens with one attached hydrogen (secondary N) is 1. The minimum Gasteiger partial charge on any atom is -0.361 e. The summed E-state index contributed by atoms with van der Waals surface area (Å²) in [7, 11) is 0. The third kappa shape index (κ3) is 4.03. The predicted octanol–water partition coefficient (Wildman–Crippen LogP) is 2.50. The van der Waals surface area contributed by atoms with Crippen molar-refractivity contribution in [3.05, 3.63) is 0 Å². The summed E-state index contributed by atoms with van der Waals surface area (Å²) in [5.41, 5.74) is 0. The highest BCUT2D eigenvalue weighted by Crippen LogP contribution is 2.18. The van der Waals surface area contributed by atoms with Crippen LogP contribution in [0.2, 0.25) is 0 Å². The second kappa shape index (κ2) is 5.53. The SMILES string of the molecule is CCCN=C1NC(CC(C)C)CS1. The molecule has 0 radical (unpaired) electrons. The lowest BCUT2D eigenvalue weighted by Gasteiger charge is -2.11. The maximum atomic E-state index is 4.47. The van der Waals surface area contributed by atoms with Crippen LogP contribution in [0.15, 0.2) is 4.99 Å². The molecule has 0 aromatic carbocycles. The van der Waals surface area contributed by atoms with Gasteiger partial charge in [-0.3, -0.25) is 4.99 Å². The third-order valence-corrected chi connectivity index (χ3v) is 3.07. The zero-order valence-electron chi connectivity index (χ0n) is 8.84. The van der Waals surface area contributed by atoms with Gasteiger partial charge in [0, 0.05) is 18.3 Å². The lowest BCUT2D eigenvalue weighted by atomic mass is 10.1. The van der Waals surface area contributed by atoms with Crippen LogP contribution in [0.25, 0.3) is 0 Å². The maximum absolute atomic E-state index is 4.47. The number of hydrogen-bond acceptors (Lipinski definition) is 2. The van der Waals surface area contributed by atoms with Crippen molar-refractivity contribution in [2.45, 2.75) is 39.7 Å². The number of nitrogens with zero attached hydrogens (tertiary/aromatic N) is 1. The van der Waals surface area contributed by atoms with Crippen LogP contribution in [0, 0.1) is 5.92 Å². The lowest BCUT2D eigenvalue weighted by Crippen LogP contribution is -2.28. The standard InChI is InChI=1S/C10H20N2S/c1-4-5-11-10-12-9(7-13-10)6-8(2)3/h8-9H,4-7H2,1-3H3,(H,11,12). The molecule has 13 heavy (non-hydrogen) atoms. The first-order valence-corrected chi connectivity index (χ1v) is 6.14. The van der Waals surface area contributed by atoms with E-state index in [1.165, 1.54) is 12.2 Å². The quantitative estimate of drug-likeness (QED) is 0.754.